The minimum absolute atomic E-state index is 0.104. The first-order chi connectivity index (χ1) is 26.9. The third kappa shape index (κ3) is 6.69. The summed E-state index contributed by atoms with van der Waals surface area (Å²) in [7, 11) is 0. The number of imidazole rings is 2. The number of aromatic nitrogens is 4. The summed E-state index contributed by atoms with van der Waals surface area (Å²) in [6.45, 7) is 3.25. The fourth-order valence-corrected chi connectivity index (χ4v) is 8.37. The van der Waals surface area contributed by atoms with Gasteiger partial charge in [-0.15, -0.1) is 35.5 Å². The molecule has 0 saturated heterocycles. The average Bonchev–Trinajstić information content (AvgIpc) is 3.98. The van der Waals surface area contributed by atoms with Crippen molar-refractivity contribution in [1.82, 2.24) is 19.1 Å². The molecule has 0 bridgehead atoms. The molecule has 2 aliphatic heterocycles. The highest BCUT2D eigenvalue weighted by Crippen LogP contribution is 2.35. The number of thiophene rings is 2. The molecule has 0 unspecified atom stereocenters. The van der Waals surface area contributed by atoms with E-state index in [-0.39, 0.29) is 31.3 Å². The smallest absolute Gasteiger partial charge is 0.361 e. The zero-order valence-corrected chi connectivity index (χ0v) is 31.2. The minimum Gasteiger partial charge on any atom is -0.434 e. The first kappa shape index (κ1) is 35.6. The largest absolute Gasteiger partial charge is 0.434 e. The summed E-state index contributed by atoms with van der Waals surface area (Å²) in [6, 6.07) is 19.7. The van der Waals surface area contributed by atoms with E-state index in [4.69, 9.17) is 41.8 Å². The predicted octanol–water partition coefficient (Wildman–Crippen LogP) is 6.38. The van der Waals surface area contributed by atoms with Crippen LogP contribution in [-0.2, 0) is 32.0 Å². The summed E-state index contributed by atoms with van der Waals surface area (Å²) in [5.74, 6) is 4.03. The molecule has 0 atom stereocenters. The van der Waals surface area contributed by atoms with Crippen molar-refractivity contribution in [2.24, 2.45) is 9.98 Å². The van der Waals surface area contributed by atoms with Gasteiger partial charge in [0.1, 0.15) is 12.7 Å². The molecule has 272 valence electrons. The molecule has 12 nitrogen and oxygen atoms in total. The molecule has 8 rings (SSSR count). The molecule has 0 radical (unpaired) electrons. The molecular formula is C41H30N6O6S2. The van der Waals surface area contributed by atoms with E-state index in [1.165, 1.54) is 22.7 Å². The molecule has 6 aromatic rings. The molecule has 55 heavy (non-hydrogen) atoms. The molecule has 0 saturated carbocycles. The highest BCUT2D eigenvalue weighted by molar-refractivity contribution is 7.15. The SMILES string of the molecule is C#Cc1cc2c(s1)C(c1ccccc1C)=NCc1c(C(=O)OCOCOCOC(=O)c3ncn4c3CN=C(c3ccccc3C)c3sc(C#C)cc3-4)ncn1-2. The molecule has 2 aliphatic rings. The lowest BCUT2D eigenvalue weighted by Gasteiger charge is -2.09. The van der Waals surface area contributed by atoms with Gasteiger partial charge in [-0.1, -0.05) is 60.4 Å². The Labute approximate surface area is 323 Å². The van der Waals surface area contributed by atoms with Gasteiger partial charge in [0.05, 0.1) is 66.8 Å². The van der Waals surface area contributed by atoms with Gasteiger partial charge < -0.3 is 18.9 Å². The van der Waals surface area contributed by atoms with Crippen molar-refractivity contribution in [2.45, 2.75) is 26.9 Å². The molecule has 2 aromatic carbocycles. The van der Waals surface area contributed by atoms with Crippen molar-refractivity contribution in [3.8, 4) is 36.1 Å². The molecule has 0 amide bonds. The lowest BCUT2D eigenvalue weighted by atomic mass is 10.0. The summed E-state index contributed by atoms with van der Waals surface area (Å²) in [6.07, 6.45) is 14.6. The Morgan fingerprint density at radius 1 is 0.691 bits per heavy atom. The summed E-state index contributed by atoms with van der Waals surface area (Å²) in [5, 5.41) is 0. The number of nitrogens with zero attached hydrogens (tertiary/aromatic N) is 6. The lowest BCUT2D eigenvalue weighted by Crippen LogP contribution is -2.15. The van der Waals surface area contributed by atoms with Crippen LogP contribution < -0.4 is 0 Å². The summed E-state index contributed by atoms with van der Waals surface area (Å²) < 4.78 is 25.0. The zero-order valence-electron chi connectivity index (χ0n) is 29.6. The monoisotopic (exact) mass is 766 g/mol. The van der Waals surface area contributed by atoms with Crippen LogP contribution >= 0.6 is 22.7 Å². The molecule has 0 aliphatic carbocycles. The van der Waals surface area contributed by atoms with E-state index in [9.17, 15) is 9.59 Å². The van der Waals surface area contributed by atoms with Crippen LogP contribution in [0.5, 0.6) is 0 Å². The quantitative estimate of drug-likeness (QED) is 0.0680. The Bertz CT molecular complexity index is 2470. The number of hydrogen-bond donors (Lipinski definition) is 0. The Hall–Kier alpha value is -6.42. The Balaban J connectivity index is 0.875. The number of fused-ring (bicyclic) bond motifs is 6. The van der Waals surface area contributed by atoms with E-state index in [2.05, 4.69) is 21.8 Å². The van der Waals surface area contributed by atoms with Gasteiger partial charge in [-0.3, -0.25) is 19.1 Å². The molecular weight excluding hydrogens is 737 g/mol. The fourth-order valence-electron chi connectivity index (χ4n) is 6.41. The standard InChI is InChI=1S/C41H30N6O6S2/c1-5-26-15-30-38(54-26)34(28-13-9-7-11-24(28)3)42-17-32-36(44-19-46(30)32)40(48)52-22-50-21-51-23-53-41(49)37-33-18-43-35(29-14-10-8-12-25(29)4)39-31(47(33)20-45-37)16-27(6-2)55-39/h1-2,7-16,19-20H,17-18,21-23H2,3-4H3. The fraction of sp³-hybridized carbons (Fsp3) is 0.171. The van der Waals surface area contributed by atoms with Gasteiger partial charge in [0.15, 0.2) is 31.8 Å². The summed E-state index contributed by atoms with van der Waals surface area (Å²) in [4.78, 5) is 48.0. The van der Waals surface area contributed by atoms with Gasteiger partial charge in [0.25, 0.3) is 0 Å². The van der Waals surface area contributed by atoms with Crippen molar-refractivity contribution >= 4 is 46.0 Å². The summed E-state index contributed by atoms with van der Waals surface area (Å²) >= 11 is 2.92. The van der Waals surface area contributed by atoms with Gasteiger partial charge >= 0.3 is 11.9 Å². The van der Waals surface area contributed by atoms with Crippen LogP contribution in [-0.4, -0.2) is 62.8 Å². The lowest BCUT2D eigenvalue weighted by molar-refractivity contribution is -0.146. The molecule has 14 heteroatoms. The van der Waals surface area contributed by atoms with Gasteiger partial charge in [0, 0.05) is 11.1 Å². The third-order valence-corrected chi connectivity index (χ3v) is 11.2. The van der Waals surface area contributed by atoms with Crippen LogP contribution in [0.4, 0.5) is 0 Å². The maximum absolute atomic E-state index is 13.1. The van der Waals surface area contributed by atoms with Crippen LogP contribution in [0.2, 0.25) is 0 Å². The van der Waals surface area contributed by atoms with E-state index in [1.807, 2.05) is 83.6 Å². The number of aliphatic imine (C=N–C) groups is 2. The van der Waals surface area contributed by atoms with Crippen molar-refractivity contribution in [2.75, 3.05) is 20.4 Å². The maximum Gasteiger partial charge on any atom is 0.361 e. The van der Waals surface area contributed by atoms with Gasteiger partial charge in [-0.25, -0.2) is 19.6 Å². The number of rotatable bonds is 10. The molecule has 4 aromatic heterocycles. The van der Waals surface area contributed by atoms with Crippen LogP contribution in [0.1, 0.15) is 74.1 Å². The third-order valence-electron chi connectivity index (χ3n) is 9.07. The van der Waals surface area contributed by atoms with E-state index >= 15 is 0 Å². The minimum atomic E-state index is -0.694. The van der Waals surface area contributed by atoms with Crippen molar-refractivity contribution in [1.29, 1.82) is 0 Å². The Morgan fingerprint density at radius 2 is 1.13 bits per heavy atom. The molecule has 6 heterocycles. The van der Waals surface area contributed by atoms with E-state index in [0.29, 0.717) is 11.4 Å². The highest BCUT2D eigenvalue weighted by Gasteiger charge is 2.29. The number of esters is 2. The van der Waals surface area contributed by atoms with Crippen LogP contribution in [0, 0.1) is 38.5 Å². The Kier molecular flexibility index (Phi) is 9.80. The highest BCUT2D eigenvalue weighted by atomic mass is 32.1. The zero-order chi connectivity index (χ0) is 38.1. The number of benzene rings is 2. The molecule has 0 N–H and O–H groups in total. The molecule has 0 spiro atoms. The number of terminal acetylenes is 2. The second kappa shape index (κ2) is 15.1. The van der Waals surface area contributed by atoms with Crippen molar-refractivity contribution in [3.63, 3.8) is 0 Å². The van der Waals surface area contributed by atoms with Gasteiger partial charge in [-0.05, 0) is 37.1 Å². The normalized spacial score (nSPS) is 12.7. The van der Waals surface area contributed by atoms with Crippen LogP contribution in [0.3, 0.4) is 0 Å². The topological polar surface area (TPSA) is 131 Å². The number of ether oxygens (including phenoxy) is 4. The number of hydrogen-bond acceptors (Lipinski definition) is 12. The van der Waals surface area contributed by atoms with Crippen molar-refractivity contribution in [3.05, 3.63) is 138 Å². The second-order valence-electron chi connectivity index (χ2n) is 12.3. The average molecular weight is 767 g/mol. The number of carbonyl (C=O) groups is 2. The number of aryl methyl sites for hydroxylation is 2. The van der Waals surface area contributed by atoms with Crippen LogP contribution in [0.25, 0.3) is 11.4 Å². The number of carbonyl (C=O) groups excluding carboxylic acids is 2. The maximum atomic E-state index is 13.1. The summed E-state index contributed by atoms with van der Waals surface area (Å²) in [5.41, 5.74) is 8.58. The van der Waals surface area contributed by atoms with Crippen LogP contribution in [0.15, 0.2) is 83.3 Å². The predicted molar refractivity (Wildman–Crippen MR) is 207 cm³/mol. The Morgan fingerprint density at radius 3 is 1.55 bits per heavy atom. The van der Waals surface area contributed by atoms with Gasteiger partial charge in [0.2, 0.25) is 0 Å². The van der Waals surface area contributed by atoms with Crippen molar-refractivity contribution < 1.29 is 28.5 Å². The van der Waals surface area contributed by atoms with Gasteiger partial charge in [-0.2, -0.15) is 0 Å². The molecule has 0 fully saturated rings. The first-order valence-corrected chi connectivity index (χ1v) is 18.5. The van der Waals surface area contributed by atoms with E-state index in [0.717, 1.165) is 64.6 Å². The van der Waals surface area contributed by atoms with E-state index in [1.54, 1.807) is 12.7 Å². The second-order valence-corrected chi connectivity index (χ2v) is 14.4. The van der Waals surface area contributed by atoms with E-state index < -0.39 is 25.5 Å². The first-order valence-electron chi connectivity index (χ1n) is 16.9.